The zero-order valence-electron chi connectivity index (χ0n) is 15.6. The highest BCUT2D eigenvalue weighted by molar-refractivity contribution is 7.99. The predicted octanol–water partition coefficient (Wildman–Crippen LogP) is 3.93. The summed E-state index contributed by atoms with van der Waals surface area (Å²) in [4.78, 5) is -0.0744. The van der Waals surface area contributed by atoms with E-state index in [4.69, 9.17) is 0 Å². The van der Waals surface area contributed by atoms with Crippen LogP contribution < -0.4 is 4.72 Å². The van der Waals surface area contributed by atoms with Gasteiger partial charge in [-0.1, -0.05) is 12.1 Å². The zero-order valence-corrected chi connectivity index (χ0v) is 18.0. The van der Waals surface area contributed by atoms with E-state index in [2.05, 4.69) is 4.72 Å². The monoisotopic (exact) mass is 480 g/mol. The SMILES string of the molecule is O=S(=O)(Nc1ccccc1SCC(F)(F)F)c1ccc(S(=O)(=O)N2CCCC2)cc1. The number of benzene rings is 2. The van der Waals surface area contributed by atoms with Crippen molar-refractivity contribution in [1.82, 2.24) is 4.31 Å². The number of hydrogen-bond donors (Lipinski definition) is 1. The third-order valence-electron chi connectivity index (χ3n) is 4.36. The molecule has 0 spiro atoms. The van der Waals surface area contributed by atoms with Crippen LogP contribution in [-0.2, 0) is 20.0 Å². The number of para-hydroxylation sites is 1. The van der Waals surface area contributed by atoms with E-state index in [1.807, 2.05) is 0 Å². The first-order valence-electron chi connectivity index (χ1n) is 8.91. The quantitative estimate of drug-likeness (QED) is 0.608. The van der Waals surface area contributed by atoms with Crippen molar-refractivity contribution in [3.63, 3.8) is 0 Å². The summed E-state index contributed by atoms with van der Waals surface area (Å²) in [6.07, 6.45) is -2.84. The average molecular weight is 481 g/mol. The lowest BCUT2D eigenvalue weighted by atomic mass is 10.3. The highest BCUT2D eigenvalue weighted by atomic mass is 32.2. The standard InChI is InChI=1S/C18H19F3N2O4S3/c19-18(20,21)13-28-17-6-2-1-5-16(17)22-29(24,25)14-7-9-15(10-8-14)30(26,27)23-11-3-4-12-23/h1-2,5-10,22H,3-4,11-13H2. The van der Waals surface area contributed by atoms with E-state index in [9.17, 15) is 30.0 Å². The Morgan fingerprint density at radius 3 is 2.07 bits per heavy atom. The van der Waals surface area contributed by atoms with Gasteiger partial charge in [-0.15, -0.1) is 11.8 Å². The van der Waals surface area contributed by atoms with Crippen molar-refractivity contribution in [3.8, 4) is 0 Å². The number of alkyl halides is 3. The maximum absolute atomic E-state index is 12.7. The van der Waals surface area contributed by atoms with Crippen LogP contribution in [0, 0.1) is 0 Å². The van der Waals surface area contributed by atoms with Crippen molar-refractivity contribution < 1.29 is 30.0 Å². The first kappa shape index (κ1) is 22.9. The molecule has 0 amide bonds. The minimum atomic E-state index is -4.40. The summed E-state index contributed by atoms with van der Waals surface area (Å²) in [6.45, 7) is 0.854. The molecule has 6 nitrogen and oxygen atoms in total. The van der Waals surface area contributed by atoms with Gasteiger partial charge in [0.05, 0.1) is 21.2 Å². The Morgan fingerprint density at radius 1 is 0.900 bits per heavy atom. The number of halogens is 3. The molecule has 0 radical (unpaired) electrons. The normalized spacial score (nSPS) is 16.0. The van der Waals surface area contributed by atoms with Crippen molar-refractivity contribution in [2.24, 2.45) is 0 Å². The smallest absolute Gasteiger partial charge is 0.278 e. The summed E-state index contributed by atoms with van der Waals surface area (Å²) in [6, 6.07) is 10.5. The van der Waals surface area contributed by atoms with Gasteiger partial charge in [0.2, 0.25) is 10.0 Å². The summed E-state index contributed by atoms with van der Waals surface area (Å²) in [7, 11) is -7.80. The molecule has 0 bridgehead atoms. The first-order valence-corrected chi connectivity index (χ1v) is 12.8. The van der Waals surface area contributed by atoms with Crippen molar-refractivity contribution in [2.75, 3.05) is 23.6 Å². The van der Waals surface area contributed by atoms with Crippen LogP contribution in [0.3, 0.4) is 0 Å². The number of nitrogens with one attached hydrogen (secondary N) is 1. The highest BCUT2D eigenvalue weighted by Crippen LogP contribution is 2.33. The fourth-order valence-electron chi connectivity index (χ4n) is 2.91. The lowest BCUT2D eigenvalue weighted by Gasteiger charge is -2.16. The van der Waals surface area contributed by atoms with Crippen molar-refractivity contribution in [1.29, 1.82) is 0 Å². The number of nitrogens with zero attached hydrogens (tertiary/aromatic N) is 1. The van der Waals surface area contributed by atoms with Crippen molar-refractivity contribution in [3.05, 3.63) is 48.5 Å². The molecular weight excluding hydrogens is 461 g/mol. The van der Waals surface area contributed by atoms with Gasteiger partial charge in [-0.3, -0.25) is 4.72 Å². The number of rotatable bonds is 7. The van der Waals surface area contributed by atoms with E-state index in [-0.39, 0.29) is 20.4 Å². The molecule has 0 saturated carbocycles. The van der Waals surface area contributed by atoms with Gasteiger partial charge in [0.25, 0.3) is 10.0 Å². The van der Waals surface area contributed by atoms with Crippen LogP contribution in [0.4, 0.5) is 18.9 Å². The molecule has 1 saturated heterocycles. The summed E-state index contributed by atoms with van der Waals surface area (Å²) >= 11 is 0.473. The maximum atomic E-state index is 12.7. The second-order valence-corrected chi connectivity index (χ2v) is 11.2. The van der Waals surface area contributed by atoms with Crippen LogP contribution >= 0.6 is 11.8 Å². The van der Waals surface area contributed by atoms with Gasteiger partial charge in [-0.25, -0.2) is 16.8 Å². The minimum Gasteiger partial charge on any atom is -0.278 e. The van der Waals surface area contributed by atoms with Gasteiger partial charge in [-0.05, 0) is 49.2 Å². The molecule has 0 aliphatic carbocycles. The second-order valence-electron chi connectivity index (χ2n) is 6.59. The fraction of sp³-hybridized carbons (Fsp3) is 0.333. The van der Waals surface area contributed by atoms with E-state index in [1.165, 1.54) is 40.7 Å². The number of thioether (sulfide) groups is 1. The second kappa shape index (κ2) is 8.77. The fourth-order valence-corrected chi connectivity index (χ4v) is 6.34. The van der Waals surface area contributed by atoms with Crippen LogP contribution in [0.15, 0.2) is 63.2 Å². The van der Waals surface area contributed by atoms with Crippen LogP contribution in [0.25, 0.3) is 0 Å². The van der Waals surface area contributed by atoms with Crippen molar-refractivity contribution >= 4 is 37.5 Å². The lowest BCUT2D eigenvalue weighted by Crippen LogP contribution is -2.27. The molecule has 2 aromatic rings. The number of hydrogen-bond acceptors (Lipinski definition) is 5. The van der Waals surface area contributed by atoms with Gasteiger partial charge in [0.1, 0.15) is 0 Å². The highest BCUT2D eigenvalue weighted by Gasteiger charge is 2.29. The van der Waals surface area contributed by atoms with Gasteiger partial charge >= 0.3 is 6.18 Å². The predicted molar refractivity (Wildman–Crippen MR) is 108 cm³/mol. The molecule has 0 aromatic heterocycles. The summed E-state index contributed by atoms with van der Waals surface area (Å²) in [5.74, 6) is -1.16. The molecule has 0 atom stereocenters. The van der Waals surface area contributed by atoms with Gasteiger partial charge < -0.3 is 0 Å². The molecule has 30 heavy (non-hydrogen) atoms. The van der Waals surface area contributed by atoms with E-state index in [0.29, 0.717) is 24.9 Å². The largest absolute Gasteiger partial charge is 0.398 e. The third-order valence-corrected chi connectivity index (χ3v) is 8.79. The Hall–Kier alpha value is -1.76. The molecule has 0 unspecified atom stereocenters. The van der Waals surface area contributed by atoms with E-state index < -0.39 is 32.0 Å². The molecule has 1 fully saturated rings. The Kier molecular flexibility index (Phi) is 6.70. The Labute approximate surface area is 177 Å². The zero-order chi connectivity index (χ0) is 22.0. The summed E-state index contributed by atoms with van der Waals surface area (Å²) in [5.41, 5.74) is 0.0144. The van der Waals surface area contributed by atoms with E-state index in [1.54, 1.807) is 0 Å². The average Bonchev–Trinajstić information content (AvgIpc) is 3.22. The van der Waals surface area contributed by atoms with Crippen molar-refractivity contribution in [2.45, 2.75) is 33.7 Å². The molecule has 12 heteroatoms. The summed E-state index contributed by atoms with van der Waals surface area (Å²) < 4.78 is 91.6. The molecule has 1 N–H and O–H groups in total. The van der Waals surface area contributed by atoms with Crippen LogP contribution in [-0.4, -0.2) is 46.2 Å². The van der Waals surface area contributed by atoms with Crippen LogP contribution in [0.1, 0.15) is 12.8 Å². The molecule has 1 aliphatic heterocycles. The molecule has 3 rings (SSSR count). The third kappa shape index (κ3) is 5.48. The molecule has 1 aliphatic rings. The summed E-state index contributed by atoms with van der Waals surface area (Å²) in [5, 5.41) is 0. The minimum absolute atomic E-state index is 0.00974. The molecule has 2 aromatic carbocycles. The maximum Gasteiger partial charge on any atom is 0.398 e. The van der Waals surface area contributed by atoms with Gasteiger partial charge in [-0.2, -0.15) is 17.5 Å². The van der Waals surface area contributed by atoms with Crippen LogP contribution in [0.2, 0.25) is 0 Å². The number of anilines is 1. The lowest BCUT2D eigenvalue weighted by molar-refractivity contribution is -0.105. The Bertz CT molecular complexity index is 1100. The van der Waals surface area contributed by atoms with Crippen LogP contribution in [0.5, 0.6) is 0 Å². The van der Waals surface area contributed by atoms with Gasteiger partial charge in [0, 0.05) is 18.0 Å². The number of sulfonamides is 2. The van der Waals surface area contributed by atoms with E-state index >= 15 is 0 Å². The molecule has 1 heterocycles. The first-order chi connectivity index (χ1) is 14.0. The van der Waals surface area contributed by atoms with E-state index in [0.717, 1.165) is 25.0 Å². The molecular formula is C18H19F3N2O4S3. The molecule has 164 valence electrons. The Morgan fingerprint density at radius 2 is 1.47 bits per heavy atom. The topological polar surface area (TPSA) is 83.5 Å². The van der Waals surface area contributed by atoms with Gasteiger partial charge in [0.15, 0.2) is 0 Å². The Balaban J connectivity index is 1.80.